The van der Waals surface area contributed by atoms with Gasteiger partial charge in [0.25, 0.3) is 0 Å². The lowest BCUT2D eigenvalue weighted by Gasteiger charge is -2.09. The van der Waals surface area contributed by atoms with Gasteiger partial charge in [-0.05, 0) is 24.3 Å². The molecular weight excluding hydrogens is 204 g/mol. The first kappa shape index (κ1) is 11.0. The molecule has 0 spiro atoms. The van der Waals surface area contributed by atoms with Crippen molar-refractivity contribution in [1.29, 1.82) is 0 Å². The number of aromatic nitrogens is 2. The molecule has 1 aromatic heterocycles. The van der Waals surface area contributed by atoms with E-state index in [9.17, 15) is 4.79 Å². The number of hydrogen-bond donors (Lipinski definition) is 1. The summed E-state index contributed by atoms with van der Waals surface area (Å²) in [6, 6.07) is 0. The molecule has 0 saturated heterocycles. The van der Waals surface area contributed by atoms with Gasteiger partial charge < -0.3 is 5.11 Å². The summed E-state index contributed by atoms with van der Waals surface area (Å²) >= 11 is 0. The minimum atomic E-state index is -0.745. The Hall–Kier alpha value is -1.45. The Morgan fingerprint density at radius 2 is 2.38 bits per heavy atom. The van der Waals surface area contributed by atoms with E-state index in [1.807, 2.05) is 6.20 Å². The highest BCUT2D eigenvalue weighted by Crippen LogP contribution is 2.34. The van der Waals surface area contributed by atoms with Crippen molar-refractivity contribution in [3.05, 3.63) is 23.3 Å². The van der Waals surface area contributed by atoms with Crippen molar-refractivity contribution in [3.8, 4) is 0 Å². The first-order valence-corrected chi connectivity index (χ1v) is 5.65. The van der Waals surface area contributed by atoms with Gasteiger partial charge in [-0.25, -0.2) is 9.97 Å². The molecule has 0 saturated carbocycles. The van der Waals surface area contributed by atoms with Crippen LogP contribution in [0.4, 0.5) is 0 Å². The molecule has 0 amide bonds. The van der Waals surface area contributed by atoms with Gasteiger partial charge in [-0.3, -0.25) is 4.79 Å². The van der Waals surface area contributed by atoms with Crippen LogP contribution in [0.5, 0.6) is 0 Å². The zero-order valence-electron chi connectivity index (χ0n) is 9.60. The summed E-state index contributed by atoms with van der Waals surface area (Å²) in [6.45, 7) is 4.12. The van der Waals surface area contributed by atoms with E-state index in [4.69, 9.17) is 5.11 Å². The SMILES string of the molecule is CC(C)c1ncc2c(n1)CCC2CC(=O)O. The van der Waals surface area contributed by atoms with Crippen LogP contribution >= 0.6 is 0 Å². The third-order valence-corrected chi connectivity index (χ3v) is 3.03. The largest absolute Gasteiger partial charge is 0.481 e. The van der Waals surface area contributed by atoms with Crippen molar-refractivity contribution < 1.29 is 9.90 Å². The molecule has 86 valence electrons. The average Bonchev–Trinajstić information content (AvgIpc) is 2.60. The monoisotopic (exact) mass is 220 g/mol. The number of carboxylic acids is 1. The summed E-state index contributed by atoms with van der Waals surface area (Å²) < 4.78 is 0. The van der Waals surface area contributed by atoms with Crippen LogP contribution in [0.2, 0.25) is 0 Å². The lowest BCUT2D eigenvalue weighted by atomic mass is 10.0. The molecular formula is C12H16N2O2. The van der Waals surface area contributed by atoms with Gasteiger partial charge in [0.05, 0.1) is 6.42 Å². The van der Waals surface area contributed by atoms with Crippen LogP contribution in [0, 0.1) is 0 Å². The molecule has 0 bridgehead atoms. The van der Waals surface area contributed by atoms with E-state index in [0.717, 1.165) is 29.9 Å². The summed E-state index contributed by atoms with van der Waals surface area (Å²) in [7, 11) is 0. The van der Waals surface area contributed by atoms with Crippen LogP contribution in [0.15, 0.2) is 6.20 Å². The summed E-state index contributed by atoms with van der Waals surface area (Å²) in [5.41, 5.74) is 2.08. The molecule has 1 unspecified atom stereocenters. The molecule has 1 aliphatic carbocycles. The molecule has 1 aromatic rings. The Morgan fingerprint density at radius 1 is 1.62 bits per heavy atom. The van der Waals surface area contributed by atoms with E-state index in [2.05, 4.69) is 23.8 Å². The lowest BCUT2D eigenvalue weighted by Crippen LogP contribution is -2.05. The van der Waals surface area contributed by atoms with E-state index in [1.54, 1.807) is 0 Å². The van der Waals surface area contributed by atoms with Gasteiger partial charge in [0, 0.05) is 17.8 Å². The number of nitrogens with zero attached hydrogens (tertiary/aromatic N) is 2. The van der Waals surface area contributed by atoms with Gasteiger partial charge in [-0.2, -0.15) is 0 Å². The van der Waals surface area contributed by atoms with Crippen LogP contribution in [0.25, 0.3) is 0 Å². The highest BCUT2D eigenvalue weighted by atomic mass is 16.4. The predicted molar refractivity (Wildman–Crippen MR) is 59.4 cm³/mol. The predicted octanol–water partition coefficient (Wildman–Crippen LogP) is 2.10. The Balaban J connectivity index is 2.25. The first-order chi connectivity index (χ1) is 7.58. The number of aryl methyl sites for hydroxylation is 1. The summed E-state index contributed by atoms with van der Waals surface area (Å²) in [5.74, 6) is 0.540. The molecule has 4 heteroatoms. The third kappa shape index (κ3) is 2.05. The van der Waals surface area contributed by atoms with Gasteiger partial charge >= 0.3 is 5.97 Å². The zero-order chi connectivity index (χ0) is 11.7. The van der Waals surface area contributed by atoms with Gasteiger partial charge in [0.2, 0.25) is 0 Å². The summed E-state index contributed by atoms with van der Waals surface area (Å²) in [6.07, 6.45) is 3.78. The second kappa shape index (κ2) is 4.20. The Kier molecular flexibility index (Phi) is 2.90. The molecule has 1 heterocycles. The van der Waals surface area contributed by atoms with Crippen molar-refractivity contribution >= 4 is 5.97 Å². The van der Waals surface area contributed by atoms with Crippen LogP contribution in [0.3, 0.4) is 0 Å². The normalized spacial score (nSPS) is 18.8. The van der Waals surface area contributed by atoms with E-state index in [1.165, 1.54) is 0 Å². The van der Waals surface area contributed by atoms with Crippen LogP contribution < -0.4 is 0 Å². The van der Waals surface area contributed by atoms with Gasteiger partial charge in [-0.15, -0.1) is 0 Å². The van der Waals surface area contributed by atoms with Crippen molar-refractivity contribution in [1.82, 2.24) is 9.97 Å². The minimum absolute atomic E-state index is 0.105. The molecule has 0 fully saturated rings. The van der Waals surface area contributed by atoms with E-state index < -0.39 is 5.97 Å². The minimum Gasteiger partial charge on any atom is -0.481 e. The number of rotatable bonds is 3. The van der Waals surface area contributed by atoms with E-state index in [0.29, 0.717) is 5.92 Å². The van der Waals surface area contributed by atoms with Crippen LogP contribution in [-0.4, -0.2) is 21.0 Å². The second-order valence-corrected chi connectivity index (χ2v) is 4.62. The molecule has 2 rings (SSSR count). The Bertz CT molecular complexity index is 415. The number of carboxylic acid groups (broad SMARTS) is 1. The van der Waals surface area contributed by atoms with Gasteiger partial charge in [-0.1, -0.05) is 13.8 Å². The number of carbonyl (C=O) groups is 1. The molecule has 1 N–H and O–H groups in total. The van der Waals surface area contributed by atoms with Gasteiger partial charge in [0.1, 0.15) is 5.82 Å². The maximum Gasteiger partial charge on any atom is 0.303 e. The quantitative estimate of drug-likeness (QED) is 0.847. The topological polar surface area (TPSA) is 63.1 Å². The molecule has 0 aliphatic heterocycles. The van der Waals surface area contributed by atoms with Crippen molar-refractivity contribution in [2.75, 3.05) is 0 Å². The second-order valence-electron chi connectivity index (χ2n) is 4.62. The smallest absolute Gasteiger partial charge is 0.303 e. The fourth-order valence-corrected chi connectivity index (χ4v) is 2.15. The van der Waals surface area contributed by atoms with E-state index in [-0.39, 0.29) is 12.3 Å². The van der Waals surface area contributed by atoms with E-state index >= 15 is 0 Å². The van der Waals surface area contributed by atoms with Crippen molar-refractivity contribution in [2.45, 2.75) is 44.9 Å². The molecule has 0 radical (unpaired) electrons. The number of hydrogen-bond acceptors (Lipinski definition) is 3. The van der Waals surface area contributed by atoms with Crippen molar-refractivity contribution in [3.63, 3.8) is 0 Å². The van der Waals surface area contributed by atoms with Gasteiger partial charge in [0.15, 0.2) is 0 Å². The molecule has 1 atom stereocenters. The zero-order valence-corrected chi connectivity index (χ0v) is 9.60. The lowest BCUT2D eigenvalue weighted by molar-refractivity contribution is -0.137. The average molecular weight is 220 g/mol. The molecule has 4 nitrogen and oxygen atoms in total. The molecule has 1 aliphatic rings. The maximum absolute atomic E-state index is 10.7. The summed E-state index contributed by atoms with van der Waals surface area (Å²) in [4.78, 5) is 19.5. The first-order valence-electron chi connectivity index (χ1n) is 5.65. The number of fused-ring (bicyclic) bond motifs is 1. The third-order valence-electron chi connectivity index (χ3n) is 3.03. The molecule has 16 heavy (non-hydrogen) atoms. The Labute approximate surface area is 94.7 Å². The van der Waals surface area contributed by atoms with Crippen LogP contribution in [-0.2, 0) is 11.2 Å². The number of aliphatic carboxylic acids is 1. The Morgan fingerprint density at radius 3 is 3.00 bits per heavy atom. The summed E-state index contributed by atoms with van der Waals surface area (Å²) in [5, 5.41) is 8.80. The fourth-order valence-electron chi connectivity index (χ4n) is 2.15. The van der Waals surface area contributed by atoms with Crippen LogP contribution in [0.1, 0.15) is 55.6 Å². The standard InChI is InChI=1S/C12H16N2O2/c1-7(2)12-13-6-9-8(5-11(15)16)3-4-10(9)14-12/h6-8H,3-5H2,1-2H3,(H,15,16). The van der Waals surface area contributed by atoms with Crippen molar-refractivity contribution in [2.24, 2.45) is 0 Å². The highest BCUT2D eigenvalue weighted by Gasteiger charge is 2.26. The highest BCUT2D eigenvalue weighted by molar-refractivity contribution is 5.68. The molecule has 0 aromatic carbocycles. The fraction of sp³-hybridized carbons (Fsp3) is 0.583. The maximum atomic E-state index is 10.7.